The SMILES string of the molecule is CC1CCCCC1n1nnnc1-c1cc(N)ccc1F. The Labute approximate surface area is 117 Å². The van der Waals surface area contributed by atoms with Crippen LogP contribution in [0.1, 0.15) is 38.6 Å². The number of hydrogen-bond acceptors (Lipinski definition) is 4. The Balaban J connectivity index is 2.03. The van der Waals surface area contributed by atoms with Gasteiger partial charge in [0, 0.05) is 5.69 Å². The van der Waals surface area contributed by atoms with E-state index in [4.69, 9.17) is 5.73 Å². The van der Waals surface area contributed by atoms with Crippen LogP contribution in [0, 0.1) is 11.7 Å². The van der Waals surface area contributed by atoms with Gasteiger partial charge in [-0.2, -0.15) is 0 Å². The summed E-state index contributed by atoms with van der Waals surface area (Å²) in [6.45, 7) is 2.20. The number of nitrogen functional groups attached to an aromatic ring is 1. The minimum absolute atomic E-state index is 0.231. The van der Waals surface area contributed by atoms with Gasteiger partial charge < -0.3 is 5.73 Å². The number of rotatable bonds is 2. The smallest absolute Gasteiger partial charge is 0.185 e. The molecule has 0 aliphatic heterocycles. The van der Waals surface area contributed by atoms with Crippen LogP contribution in [0.25, 0.3) is 11.4 Å². The Bertz CT molecular complexity index is 609. The molecular formula is C14H18FN5. The first kappa shape index (κ1) is 13.0. The molecule has 1 aliphatic carbocycles. The number of halogens is 1. The maximum atomic E-state index is 14.0. The molecule has 1 aliphatic rings. The van der Waals surface area contributed by atoms with E-state index >= 15 is 0 Å². The molecule has 1 aromatic heterocycles. The number of hydrogen-bond donors (Lipinski definition) is 1. The average molecular weight is 275 g/mol. The number of nitrogens with two attached hydrogens (primary N) is 1. The average Bonchev–Trinajstić information content (AvgIpc) is 2.91. The summed E-state index contributed by atoms with van der Waals surface area (Å²) >= 11 is 0. The molecule has 1 aromatic carbocycles. The van der Waals surface area contributed by atoms with Gasteiger partial charge in [-0.05, 0) is 47.4 Å². The second-order valence-corrected chi connectivity index (χ2v) is 5.52. The second kappa shape index (κ2) is 5.19. The summed E-state index contributed by atoms with van der Waals surface area (Å²) in [7, 11) is 0. The van der Waals surface area contributed by atoms with Gasteiger partial charge in [0.1, 0.15) is 5.82 Å². The molecule has 2 atom stereocenters. The van der Waals surface area contributed by atoms with Gasteiger partial charge in [0.25, 0.3) is 0 Å². The Hall–Kier alpha value is -1.98. The van der Waals surface area contributed by atoms with Crippen LogP contribution in [0.5, 0.6) is 0 Å². The number of tetrazole rings is 1. The predicted octanol–water partition coefficient (Wildman–Crippen LogP) is 2.81. The van der Waals surface area contributed by atoms with Gasteiger partial charge in [-0.3, -0.25) is 0 Å². The molecule has 1 saturated carbocycles. The van der Waals surface area contributed by atoms with E-state index in [0.717, 1.165) is 19.3 Å². The summed E-state index contributed by atoms with van der Waals surface area (Å²) < 4.78 is 15.8. The van der Waals surface area contributed by atoms with Gasteiger partial charge in [0.15, 0.2) is 5.82 Å². The van der Waals surface area contributed by atoms with Gasteiger partial charge >= 0.3 is 0 Å². The van der Waals surface area contributed by atoms with E-state index in [1.165, 1.54) is 18.6 Å². The molecule has 106 valence electrons. The van der Waals surface area contributed by atoms with Crippen molar-refractivity contribution in [3.8, 4) is 11.4 Å². The fraction of sp³-hybridized carbons (Fsp3) is 0.500. The quantitative estimate of drug-likeness (QED) is 0.856. The fourth-order valence-corrected chi connectivity index (χ4v) is 2.97. The van der Waals surface area contributed by atoms with Crippen molar-refractivity contribution in [1.29, 1.82) is 0 Å². The molecule has 3 rings (SSSR count). The molecule has 0 bridgehead atoms. The molecule has 0 amide bonds. The van der Waals surface area contributed by atoms with E-state index in [9.17, 15) is 4.39 Å². The van der Waals surface area contributed by atoms with Gasteiger partial charge in [-0.25, -0.2) is 9.07 Å². The minimum atomic E-state index is -0.348. The lowest BCUT2D eigenvalue weighted by atomic mass is 9.86. The molecule has 0 radical (unpaired) electrons. The van der Waals surface area contributed by atoms with Crippen molar-refractivity contribution in [2.75, 3.05) is 5.73 Å². The lowest BCUT2D eigenvalue weighted by molar-refractivity contribution is 0.239. The standard InChI is InChI=1S/C14H18FN5/c1-9-4-2-3-5-13(9)20-14(17-18-19-20)11-8-10(16)6-7-12(11)15/h6-9,13H,2-5,16H2,1H3. The van der Waals surface area contributed by atoms with Crippen LogP contribution < -0.4 is 5.73 Å². The molecule has 1 heterocycles. The lowest BCUT2D eigenvalue weighted by Crippen LogP contribution is -2.23. The maximum absolute atomic E-state index is 14.0. The normalized spacial score (nSPS) is 22.9. The number of aromatic nitrogens is 4. The Morgan fingerprint density at radius 3 is 2.90 bits per heavy atom. The fourth-order valence-electron chi connectivity index (χ4n) is 2.97. The zero-order valence-corrected chi connectivity index (χ0v) is 11.5. The summed E-state index contributed by atoms with van der Waals surface area (Å²) in [5, 5.41) is 11.8. The highest BCUT2D eigenvalue weighted by molar-refractivity contribution is 5.61. The summed E-state index contributed by atoms with van der Waals surface area (Å²) in [4.78, 5) is 0. The molecular weight excluding hydrogens is 257 g/mol. The van der Waals surface area contributed by atoms with E-state index < -0.39 is 0 Å². The molecule has 0 spiro atoms. The highest BCUT2D eigenvalue weighted by atomic mass is 19.1. The molecule has 20 heavy (non-hydrogen) atoms. The number of anilines is 1. The lowest BCUT2D eigenvalue weighted by Gasteiger charge is -2.29. The molecule has 6 heteroatoms. The van der Waals surface area contributed by atoms with Crippen molar-refractivity contribution >= 4 is 5.69 Å². The number of benzene rings is 1. The number of nitrogens with zero attached hydrogens (tertiary/aromatic N) is 4. The van der Waals surface area contributed by atoms with Crippen LogP contribution in [0.15, 0.2) is 18.2 Å². The molecule has 2 aromatic rings. The van der Waals surface area contributed by atoms with Crippen LogP contribution in [-0.2, 0) is 0 Å². The van der Waals surface area contributed by atoms with Crippen molar-refractivity contribution in [1.82, 2.24) is 20.2 Å². The Morgan fingerprint density at radius 2 is 2.10 bits per heavy atom. The van der Waals surface area contributed by atoms with Gasteiger partial charge in [0.05, 0.1) is 11.6 Å². The van der Waals surface area contributed by atoms with E-state index in [1.807, 2.05) is 0 Å². The molecule has 2 N–H and O–H groups in total. The van der Waals surface area contributed by atoms with E-state index in [1.54, 1.807) is 10.7 Å². The molecule has 2 unspecified atom stereocenters. The summed E-state index contributed by atoms with van der Waals surface area (Å²) in [5.74, 6) is 0.613. The highest BCUT2D eigenvalue weighted by Gasteiger charge is 2.27. The Morgan fingerprint density at radius 1 is 1.30 bits per heavy atom. The molecule has 5 nitrogen and oxygen atoms in total. The van der Waals surface area contributed by atoms with Gasteiger partial charge in [0.2, 0.25) is 0 Å². The first-order valence-electron chi connectivity index (χ1n) is 7.00. The van der Waals surface area contributed by atoms with Crippen LogP contribution in [-0.4, -0.2) is 20.2 Å². The molecule has 1 fully saturated rings. The van der Waals surface area contributed by atoms with Crippen molar-refractivity contribution < 1.29 is 4.39 Å². The zero-order chi connectivity index (χ0) is 14.1. The monoisotopic (exact) mass is 275 g/mol. The first-order chi connectivity index (χ1) is 9.66. The Kier molecular flexibility index (Phi) is 3.38. The third-order valence-electron chi connectivity index (χ3n) is 4.10. The largest absolute Gasteiger partial charge is 0.399 e. The third kappa shape index (κ3) is 2.26. The van der Waals surface area contributed by atoms with Crippen LogP contribution in [0.3, 0.4) is 0 Å². The van der Waals surface area contributed by atoms with Crippen LogP contribution >= 0.6 is 0 Å². The zero-order valence-electron chi connectivity index (χ0n) is 11.5. The van der Waals surface area contributed by atoms with Crippen molar-refractivity contribution in [2.24, 2.45) is 5.92 Å². The molecule has 0 saturated heterocycles. The van der Waals surface area contributed by atoms with Crippen LogP contribution in [0.2, 0.25) is 0 Å². The second-order valence-electron chi connectivity index (χ2n) is 5.52. The highest BCUT2D eigenvalue weighted by Crippen LogP contribution is 2.35. The maximum Gasteiger partial charge on any atom is 0.185 e. The topological polar surface area (TPSA) is 69.6 Å². The van der Waals surface area contributed by atoms with Crippen LogP contribution in [0.4, 0.5) is 10.1 Å². The predicted molar refractivity (Wildman–Crippen MR) is 74.3 cm³/mol. The first-order valence-corrected chi connectivity index (χ1v) is 7.00. The van der Waals surface area contributed by atoms with Gasteiger partial charge in [-0.1, -0.05) is 19.8 Å². The van der Waals surface area contributed by atoms with E-state index in [2.05, 4.69) is 22.4 Å². The minimum Gasteiger partial charge on any atom is -0.399 e. The van der Waals surface area contributed by atoms with E-state index in [0.29, 0.717) is 23.0 Å². The summed E-state index contributed by atoms with van der Waals surface area (Å²) in [6, 6.07) is 4.71. The van der Waals surface area contributed by atoms with Gasteiger partial charge in [-0.15, -0.1) is 5.10 Å². The third-order valence-corrected chi connectivity index (χ3v) is 4.10. The van der Waals surface area contributed by atoms with E-state index in [-0.39, 0.29) is 11.9 Å². The van der Waals surface area contributed by atoms with Crippen molar-refractivity contribution in [3.63, 3.8) is 0 Å². The van der Waals surface area contributed by atoms with Crippen molar-refractivity contribution in [2.45, 2.75) is 38.6 Å². The summed E-state index contributed by atoms with van der Waals surface area (Å²) in [5.41, 5.74) is 6.62. The summed E-state index contributed by atoms with van der Waals surface area (Å²) in [6.07, 6.45) is 4.59. The van der Waals surface area contributed by atoms with Crippen molar-refractivity contribution in [3.05, 3.63) is 24.0 Å².